The highest BCUT2D eigenvalue weighted by atomic mass is 35.5. The van der Waals surface area contributed by atoms with Gasteiger partial charge in [0, 0.05) is 21.5 Å². The lowest BCUT2D eigenvalue weighted by Gasteiger charge is -2.18. The number of hydrogen-bond acceptors (Lipinski definition) is 8. The van der Waals surface area contributed by atoms with E-state index in [0.717, 1.165) is 29.7 Å². The van der Waals surface area contributed by atoms with Crippen molar-refractivity contribution < 1.29 is 4.79 Å². The van der Waals surface area contributed by atoms with Crippen molar-refractivity contribution in [3.63, 3.8) is 0 Å². The topological polar surface area (TPSA) is 94.2 Å². The molecule has 0 unspecified atom stereocenters. The number of amides is 1. The van der Waals surface area contributed by atoms with Crippen LogP contribution in [0.2, 0.25) is 5.02 Å². The summed E-state index contributed by atoms with van der Waals surface area (Å²) in [7, 11) is 0. The number of aromatic nitrogens is 5. The molecule has 0 saturated heterocycles. The number of carbonyl (C=O) groups excluding carboxylic acids is 1. The van der Waals surface area contributed by atoms with Gasteiger partial charge in [0.2, 0.25) is 11.7 Å². The molecule has 0 bridgehead atoms. The lowest BCUT2D eigenvalue weighted by atomic mass is 9.89. The van der Waals surface area contributed by atoms with Crippen molar-refractivity contribution >= 4 is 73.1 Å². The van der Waals surface area contributed by atoms with E-state index < -0.39 is 0 Å². The van der Waals surface area contributed by atoms with Gasteiger partial charge in [-0.05, 0) is 55.0 Å². The van der Waals surface area contributed by atoms with Gasteiger partial charge >= 0.3 is 0 Å². The molecular weight excluding hydrogens is 524 g/mol. The molecule has 5 aromatic rings. The van der Waals surface area contributed by atoms with E-state index in [1.165, 1.54) is 28.0 Å². The molecule has 0 spiro atoms. The second kappa shape index (κ2) is 9.05. The predicted octanol–water partition coefficient (Wildman–Crippen LogP) is 5.06. The Hall–Kier alpha value is -2.73. The number of hydrogen-bond donors (Lipinski definition) is 1. The van der Waals surface area contributed by atoms with E-state index in [2.05, 4.69) is 27.4 Å². The molecule has 8 nitrogen and oxygen atoms in total. The van der Waals surface area contributed by atoms with Crippen LogP contribution in [0, 0.1) is 5.92 Å². The molecular formula is C23H19ClN6O2S3. The maximum atomic E-state index is 13.9. The van der Waals surface area contributed by atoms with Gasteiger partial charge in [0.15, 0.2) is 10.3 Å². The van der Waals surface area contributed by atoms with E-state index in [0.29, 0.717) is 38.1 Å². The van der Waals surface area contributed by atoms with Gasteiger partial charge in [-0.25, -0.2) is 14.0 Å². The fraction of sp³-hybridized carbons (Fsp3) is 0.261. The van der Waals surface area contributed by atoms with E-state index in [9.17, 15) is 9.59 Å². The van der Waals surface area contributed by atoms with Gasteiger partial charge in [0.05, 0.1) is 16.8 Å². The SMILES string of the molecule is C[C@@H]1CCc2sc3c(c2C1)c(=O)n(-c1ccc(Cl)cc1)c1nnc(SCC(=O)Nc2nccs2)n31. The van der Waals surface area contributed by atoms with Crippen molar-refractivity contribution in [1.82, 2.24) is 24.1 Å². The van der Waals surface area contributed by atoms with Gasteiger partial charge in [-0.1, -0.05) is 30.3 Å². The third kappa shape index (κ3) is 4.06. The molecule has 1 atom stereocenters. The van der Waals surface area contributed by atoms with Crippen LogP contribution < -0.4 is 10.9 Å². The smallest absolute Gasteiger partial charge is 0.268 e. The fourth-order valence-corrected chi connectivity index (χ4v) is 7.19. The van der Waals surface area contributed by atoms with Crippen molar-refractivity contribution in [1.29, 1.82) is 0 Å². The molecule has 35 heavy (non-hydrogen) atoms. The molecule has 178 valence electrons. The summed E-state index contributed by atoms with van der Waals surface area (Å²) in [5.41, 5.74) is 1.69. The van der Waals surface area contributed by atoms with Gasteiger partial charge in [-0.3, -0.25) is 9.59 Å². The number of halogens is 1. The van der Waals surface area contributed by atoms with Crippen LogP contribution in [0.5, 0.6) is 0 Å². The van der Waals surface area contributed by atoms with Gasteiger partial charge in [0.1, 0.15) is 4.83 Å². The number of rotatable bonds is 5. The highest BCUT2D eigenvalue weighted by molar-refractivity contribution is 7.99. The highest BCUT2D eigenvalue weighted by Crippen LogP contribution is 2.38. The van der Waals surface area contributed by atoms with Crippen molar-refractivity contribution in [3.05, 3.63) is 61.7 Å². The van der Waals surface area contributed by atoms with Gasteiger partial charge < -0.3 is 5.32 Å². The van der Waals surface area contributed by atoms with Gasteiger partial charge in [0.25, 0.3) is 5.56 Å². The Morgan fingerprint density at radius 3 is 2.89 bits per heavy atom. The average molecular weight is 543 g/mol. The van der Waals surface area contributed by atoms with E-state index in [1.54, 1.807) is 51.7 Å². The number of aryl methyl sites for hydroxylation is 1. The van der Waals surface area contributed by atoms with Crippen LogP contribution in [-0.4, -0.2) is 35.8 Å². The zero-order valence-electron chi connectivity index (χ0n) is 18.5. The second-order valence-electron chi connectivity index (χ2n) is 8.44. The molecule has 0 aliphatic heterocycles. The summed E-state index contributed by atoms with van der Waals surface area (Å²) in [5.74, 6) is 0.899. The minimum atomic E-state index is -0.178. The molecule has 1 amide bonds. The van der Waals surface area contributed by atoms with Crippen LogP contribution in [0.3, 0.4) is 0 Å². The van der Waals surface area contributed by atoms with E-state index in [-0.39, 0.29) is 17.2 Å². The first-order valence-corrected chi connectivity index (χ1v) is 14.1. The number of fused-ring (bicyclic) bond motifs is 5. The third-order valence-electron chi connectivity index (χ3n) is 6.02. The van der Waals surface area contributed by atoms with Crippen molar-refractivity contribution in [2.24, 2.45) is 5.92 Å². The molecule has 1 N–H and O–H groups in total. The summed E-state index contributed by atoms with van der Waals surface area (Å²) in [4.78, 5) is 32.6. The molecule has 4 aromatic heterocycles. The molecule has 0 fully saturated rings. The lowest BCUT2D eigenvalue weighted by Crippen LogP contribution is -2.23. The first-order chi connectivity index (χ1) is 17.0. The number of benzene rings is 1. The van der Waals surface area contributed by atoms with Crippen molar-refractivity contribution in [2.75, 3.05) is 11.1 Å². The molecule has 0 saturated carbocycles. The number of anilines is 1. The number of thioether (sulfide) groups is 1. The van der Waals surface area contributed by atoms with E-state index in [4.69, 9.17) is 11.6 Å². The maximum Gasteiger partial charge on any atom is 0.268 e. The summed E-state index contributed by atoms with van der Waals surface area (Å²) in [6, 6.07) is 7.12. The Kier molecular flexibility index (Phi) is 5.87. The zero-order chi connectivity index (χ0) is 24.1. The van der Waals surface area contributed by atoms with Crippen LogP contribution in [0.25, 0.3) is 21.7 Å². The second-order valence-corrected chi connectivity index (χ2v) is 11.8. The summed E-state index contributed by atoms with van der Waals surface area (Å²) >= 11 is 10.4. The van der Waals surface area contributed by atoms with Crippen LogP contribution in [0.4, 0.5) is 5.13 Å². The Labute approximate surface area is 217 Å². The van der Waals surface area contributed by atoms with Gasteiger partial charge in [-0.15, -0.1) is 32.9 Å². The van der Waals surface area contributed by atoms with E-state index in [1.807, 2.05) is 4.40 Å². The maximum absolute atomic E-state index is 13.9. The van der Waals surface area contributed by atoms with E-state index >= 15 is 0 Å². The Balaban J connectivity index is 1.51. The predicted molar refractivity (Wildman–Crippen MR) is 142 cm³/mol. The standard InChI is InChI=1S/C23H19ClN6O2S3/c1-12-2-7-16-15(10-12)18-19(32)29(14-5-3-13(24)4-6-14)22-27-28-23(30(22)20(18)35-16)34-11-17(31)26-21-25-8-9-33-21/h3-6,8-9,12H,2,7,10-11H2,1H3,(H,25,26,31)/t12-/m1/s1. The average Bonchev–Trinajstić information content (AvgIpc) is 3.57. The van der Waals surface area contributed by atoms with Crippen LogP contribution in [0.1, 0.15) is 23.8 Å². The van der Waals surface area contributed by atoms with Crippen LogP contribution in [0.15, 0.2) is 45.8 Å². The Bertz CT molecular complexity index is 1620. The summed E-state index contributed by atoms with van der Waals surface area (Å²) < 4.78 is 3.51. The minimum Gasteiger partial charge on any atom is -0.301 e. The first kappa shape index (κ1) is 22.7. The fourth-order valence-electron chi connectivity index (χ4n) is 4.40. The first-order valence-electron chi connectivity index (χ1n) is 11.0. The summed E-state index contributed by atoms with van der Waals surface area (Å²) in [6.45, 7) is 2.23. The highest BCUT2D eigenvalue weighted by Gasteiger charge is 2.27. The quantitative estimate of drug-likeness (QED) is 0.312. The molecule has 6 rings (SSSR count). The molecule has 1 aliphatic rings. The Morgan fingerprint density at radius 2 is 2.11 bits per heavy atom. The van der Waals surface area contributed by atoms with Gasteiger partial charge in [-0.2, -0.15) is 0 Å². The van der Waals surface area contributed by atoms with Crippen LogP contribution in [-0.2, 0) is 17.6 Å². The normalized spacial score (nSPS) is 15.5. The van der Waals surface area contributed by atoms with Crippen molar-refractivity contribution in [3.8, 4) is 5.69 Å². The molecule has 1 aliphatic carbocycles. The number of nitrogens with zero attached hydrogens (tertiary/aromatic N) is 5. The Morgan fingerprint density at radius 1 is 1.29 bits per heavy atom. The summed E-state index contributed by atoms with van der Waals surface area (Å²) in [5, 5.41) is 15.8. The summed E-state index contributed by atoms with van der Waals surface area (Å²) in [6.07, 6.45) is 4.58. The third-order valence-corrected chi connectivity index (χ3v) is 9.17. The number of nitrogens with one attached hydrogen (secondary N) is 1. The number of thiazole rings is 1. The minimum absolute atomic E-state index is 0.105. The number of thiophene rings is 1. The molecule has 0 radical (unpaired) electrons. The largest absolute Gasteiger partial charge is 0.301 e. The lowest BCUT2D eigenvalue weighted by molar-refractivity contribution is -0.113. The monoisotopic (exact) mass is 542 g/mol. The molecule has 12 heteroatoms. The van der Waals surface area contributed by atoms with Crippen molar-refractivity contribution in [2.45, 2.75) is 31.3 Å². The van der Waals surface area contributed by atoms with Crippen LogP contribution >= 0.6 is 46.0 Å². The number of carbonyl (C=O) groups is 1. The zero-order valence-corrected chi connectivity index (χ0v) is 21.7. The molecule has 4 heterocycles. The molecule has 1 aromatic carbocycles.